The Morgan fingerprint density at radius 3 is 2.73 bits per heavy atom. The summed E-state index contributed by atoms with van der Waals surface area (Å²) in [6.45, 7) is 4.99. The molecule has 7 heteroatoms. The van der Waals surface area contributed by atoms with Gasteiger partial charge in [-0.05, 0) is 26.0 Å². The van der Waals surface area contributed by atoms with Crippen LogP contribution in [0.3, 0.4) is 0 Å². The minimum atomic E-state index is -0.361. The molecule has 0 bridgehead atoms. The highest BCUT2D eigenvalue weighted by atomic mass is 16.5. The van der Waals surface area contributed by atoms with Crippen LogP contribution < -0.4 is 20.1 Å². The van der Waals surface area contributed by atoms with E-state index in [1.807, 2.05) is 31.2 Å². The fourth-order valence-electron chi connectivity index (χ4n) is 1.74. The quantitative estimate of drug-likeness (QED) is 0.768. The molecule has 0 unspecified atom stereocenters. The van der Waals surface area contributed by atoms with Gasteiger partial charge >= 0.3 is 6.03 Å². The first-order chi connectivity index (χ1) is 10.7. The smallest absolute Gasteiger partial charge is 0.320 e. The molecule has 0 aliphatic carbocycles. The number of hydrogen-bond acceptors (Lipinski definition) is 5. The number of urea groups is 1. The number of ether oxygens (including phenoxy) is 2. The van der Waals surface area contributed by atoms with Crippen molar-refractivity contribution in [2.24, 2.45) is 0 Å². The molecular formula is C15H19N3O4. The molecule has 0 spiro atoms. The molecule has 2 aromatic rings. The van der Waals surface area contributed by atoms with Crippen LogP contribution >= 0.6 is 0 Å². The third-order valence-electron chi connectivity index (χ3n) is 2.64. The predicted octanol–water partition coefficient (Wildman–Crippen LogP) is 2.58. The molecule has 0 radical (unpaired) electrons. The fraction of sp³-hybridized carbons (Fsp3) is 0.333. The maximum absolute atomic E-state index is 11.6. The number of carbonyl (C=O) groups excluding carboxylic acids is 1. The van der Waals surface area contributed by atoms with Crippen LogP contribution in [-0.2, 0) is 0 Å². The molecule has 1 heterocycles. The van der Waals surface area contributed by atoms with E-state index in [-0.39, 0.29) is 6.03 Å². The summed E-state index contributed by atoms with van der Waals surface area (Å²) < 4.78 is 15.8. The summed E-state index contributed by atoms with van der Waals surface area (Å²) in [6.07, 6.45) is 0. The molecule has 0 saturated heterocycles. The minimum Gasteiger partial charge on any atom is -0.494 e. The van der Waals surface area contributed by atoms with Crippen LogP contribution in [0.4, 0.5) is 10.6 Å². The molecule has 0 aliphatic rings. The Bertz CT molecular complexity index is 612. The van der Waals surface area contributed by atoms with Crippen molar-refractivity contribution in [2.45, 2.75) is 13.8 Å². The Labute approximate surface area is 128 Å². The molecule has 7 nitrogen and oxygen atoms in total. The summed E-state index contributed by atoms with van der Waals surface area (Å²) in [5, 5.41) is 8.89. The van der Waals surface area contributed by atoms with Gasteiger partial charge in [0.15, 0.2) is 5.82 Å². The lowest BCUT2D eigenvalue weighted by molar-refractivity contribution is 0.247. The van der Waals surface area contributed by atoms with Gasteiger partial charge in [-0.1, -0.05) is 11.2 Å². The summed E-state index contributed by atoms with van der Waals surface area (Å²) in [5.74, 6) is 2.46. The van der Waals surface area contributed by atoms with Gasteiger partial charge in [0.1, 0.15) is 23.9 Å². The Hall–Kier alpha value is -2.70. The van der Waals surface area contributed by atoms with Crippen molar-refractivity contribution in [2.75, 3.05) is 25.1 Å². The van der Waals surface area contributed by atoms with E-state index in [1.54, 1.807) is 13.0 Å². The maximum Gasteiger partial charge on any atom is 0.320 e. The van der Waals surface area contributed by atoms with Crippen LogP contribution in [0.5, 0.6) is 11.5 Å². The second kappa shape index (κ2) is 7.92. The van der Waals surface area contributed by atoms with Crippen molar-refractivity contribution in [3.05, 3.63) is 36.1 Å². The number of anilines is 1. The second-order valence-corrected chi connectivity index (χ2v) is 4.46. The van der Waals surface area contributed by atoms with Crippen LogP contribution in [0.2, 0.25) is 0 Å². The first-order valence-corrected chi connectivity index (χ1v) is 7.01. The fourth-order valence-corrected chi connectivity index (χ4v) is 1.74. The lowest BCUT2D eigenvalue weighted by Crippen LogP contribution is -2.32. The molecule has 1 aromatic carbocycles. The van der Waals surface area contributed by atoms with Crippen LogP contribution in [0.25, 0.3) is 0 Å². The number of amides is 2. The first-order valence-electron chi connectivity index (χ1n) is 7.01. The van der Waals surface area contributed by atoms with Gasteiger partial charge in [0.25, 0.3) is 0 Å². The zero-order chi connectivity index (χ0) is 15.8. The molecule has 2 N–H and O–H groups in total. The zero-order valence-electron chi connectivity index (χ0n) is 12.6. The third-order valence-corrected chi connectivity index (χ3v) is 2.64. The SMILES string of the molecule is CCOc1cccc(OCCNC(=O)Nc2cc(C)on2)c1. The van der Waals surface area contributed by atoms with Crippen molar-refractivity contribution in [3.63, 3.8) is 0 Å². The maximum atomic E-state index is 11.6. The highest BCUT2D eigenvalue weighted by Crippen LogP contribution is 2.19. The van der Waals surface area contributed by atoms with E-state index < -0.39 is 0 Å². The van der Waals surface area contributed by atoms with Crippen LogP contribution in [0.15, 0.2) is 34.9 Å². The molecule has 0 atom stereocenters. The van der Waals surface area contributed by atoms with Crippen molar-refractivity contribution in [1.82, 2.24) is 10.5 Å². The van der Waals surface area contributed by atoms with Gasteiger partial charge in [-0.2, -0.15) is 0 Å². The van der Waals surface area contributed by atoms with Crippen molar-refractivity contribution in [1.29, 1.82) is 0 Å². The van der Waals surface area contributed by atoms with Gasteiger partial charge in [-0.15, -0.1) is 0 Å². The van der Waals surface area contributed by atoms with E-state index in [0.717, 1.165) is 5.75 Å². The van der Waals surface area contributed by atoms with E-state index in [4.69, 9.17) is 14.0 Å². The van der Waals surface area contributed by atoms with E-state index in [0.29, 0.717) is 37.1 Å². The van der Waals surface area contributed by atoms with Crippen LogP contribution in [0.1, 0.15) is 12.7 Å². The van der Waals surface area contributed by atoms with E-state index in [2.05, 4.69) is 15.8 Å². The number of aromatic nitrogens is 1. The molecule has 2 amide bonds. The minimum absolute atomic E-state index is 0.348. The predicted molar refractivity (Wildman–Crippen MR) is 81.4 cm³/mol. The van der Waals surface area contributed by atoms with Gasteiger partial charge in [-0.25, -0.2) is 4.79 Å². The highest BCUT2D eigenvalue weighted by Gasteiger charge is 2.05. The number of rotatable bonds is 7. The summed E-state index contributed by atoms with van der Waals surface area (Å²) >= 11 is 0. The molecule has 0 fully saturated rings. The van der Waals surface area contributed by atoms with E-state index >= 15 is 0 Å². The Kier molecular flexibility index (Phi) is 5.65. The van der Waals surface area contributed by atoms with Crippen LogP contribution in [-0.4, -0.2) is 30.9 Å². The molecule has 1 aromatic heterocycles. The molecule has 0 aliphatic heterocycles. The third kappa shape index (κ3) is 5.01. The zero-order valence-corrected chi connectivity index (χ0v) is 12.6. The highest BCUT2D eigenvalue weighted by molar-refractivity contribution is 5.88. The average molecular weight is 305 g/mol. The summed E-state index contributed by atoms with van der Waals surface area (Å²) in [6, 6.07) is 8.63. The van der Waals surface area contributed by atoms with Gasteiger partial charge in [0.05, 0.1) is 13.2 Å². The Balaban J connectivity index is 1.68. The number of carbonyl (C=O) groups is 1. The molecule has 118 valence electrons. The molecule has 2 rings (SSSR count). The van der Waals surface area contributed by atoms with Crippen LogP contribution in [0, 0.1) is 6.92 Å². The summed E-state index contributed by atoms with van der Waals surface area (Å²) in [7, 11) is 0. The normalized spacial score (nSPS) is 10.1. The van der Waals surface area contributed by atoms with Crippen molar-refractivity contribution < 1.29 is 18.8 Å². The number of hydrogen-bond donors (Lipinski definition) is 2. The number of nitrogens with zero attached hydrogens (tertiary/aromatic N) is 1. The standard InChI is InChI=1S/C15H19N3O4/c1-3-20-12-5-4-6-13(10-12)21-8-7-16-15(19)17-14-9-11(2)22-18-14/h4-6,9-10H,3,7-8H2,1-2H3,(H2,16,17,18,19). The van der Waals surface area contributed by atoms with Crippen molar-refractivity contribution in [3.8, 4) is 11.5 Å². The Morgan fingerprint density at radius 1 is 1.27 bits per heavy atom. The van der Waals surface area contributed by atoms with Gasteiger partial charge in [0, 0.05) is 12.1 Å². The topological polar surface area (TPSA) is 85.6 Å². The summed E-state index contributed by atoms with van der Waals surface area (Å²) in [5.41, 5.74) is 0. The molecule has 22 heavy (non-hydrogen) atoms. The van der Waals surface area contributed by atoms with E-state index in [9.17, 15) is 4.79 Å². The Morgan fingerprint density at radius 2 is 2.05 bits per heavy atom. The number of aryl methyl sites for hydroxylation is 1. The second-order valence-electron chi connectivity index (χ2n) is 4.46. The largest absolute Gasteiger partial charge is 0.494 e. The summed E-state index contributed by atoms with van der Waals surface area (Å²) in [4.78, 5) is 11.6. The van der Waals surface area contributed by atoms with Crippen molar-refractivity contribution >= 4 is 11.8 Å². The van der Waals surface area contributed by atoms with Gasteiger partial charge in [0.2, 0.25) is 0 Å². The lowest BCUT2D eigenvalue weighted by Gasteiger charge is -2.09. The van der Waals surface area contributed by atoms with Gasteiger partial charge < -0.3 is 19.3 Å². The first kappa shape index (κ1) is 15.7. The number of nitrogens with one attached hydrogen (secondary N) is 2. The number of benzene rings is 1. The van der Waals surface area contributed by atoms with Gasteiger partial charge in [-0.3, -0.25) is 5.32 Å². The lowest BCUT2D eigenvalue weighted by atomic mass is 10.3. The molecule has 0 saturated carbocycles. The monoisotopic (exact) mass is 305 g/mol. The van der Waals surface area contributed by atoms with E-state index in [1.165, 1.54) is 0 Å². The molecular weight excluding hydrogens is 286 g/mol. The average Bonchev–Trinajstić information content (AvgIpc) is 2.89.